The predicted molar refractivity (Wildman–Crippen MR) is 125 cm³/mol. The first-order valence-corrected chi connectivity index (χ1v) is 12.7. The molecular formula is C23H24N4O3S2. The molecular weight excluding hydrogens is 444 g/mol. The third-order valence-corrected chi connectivity index (χ3v) is 6.99. The van der Waals surface area contributed by atoms with Crippen molar-refractivity contribution in [1.82, 2.24) is 9.71 Å². The second kappa shape index (κ2) is 9.00. The van der Waals surface area contributed by atoms with E-state index >= 15 is 0 Å². The molecule has 4 rings (SSSR count). The lowest BCUT2D eigenvalue weighted by Crippen LogP contribution is -2.35. The van der Waals surface area contributed by atoms with Crippen molar-refractivity contribution in [1.29, 1.82) is 5.26 Å². The first-order chi connectivity index (χ1) is 15.2. The molecule has 3 N–H and O–H groups in total. The molecule has 0 bridgehead atoms. The van der Waals surface area contributed by atoms with Crippen LogP contribution in [0, 0.1) is 11.3 Å². The number of nitriles is 1. The van der Waals surface area contributed by atoms with E-state index < -0.39 is 10.2 Å². The van der Waals surface area contributed by atoms with Crippen LogP contribution in [-0.2, 0) is 16.6 Å². The Hall–Kier alpha value is -2.77. The van der Waals surface area contributed by atoms with Gasteiger partial charge in [-0.25, -0.2) is 10.1 Å². The van der Waals surface area contributed by atoms with Gasteiger partial charge in [0.1, 0.15) is 16.8 Å². The smallest absolute Gasteiger partial charge is 0.274 e. The van der Waals surface area contributed by atoms with Crippen LogP contribution < -0.4 is 14.6 Å². The molecule has 2 aromatic carbocycles. The monoisotopic (exact) mass is 468 g/mol. The molecule has 0 spiro atoms. The van der Waals surface area contributed by atoms with Gasteiger partial charge in [0, 0.05) is 17.8 Å². The Morgan fingerprint density at radius 2 is 2.12 bits per heavy atom. The van der Waals surface area contributed by atoms with Gasteiger partial charge in [-0.3, -0.25) is 0 Å². The van der Waals surface area contributed by atoms with E-state index in [-0.39, 0.29) is 12.1 Å². The highest BCUT2D eigenvalue weighted by atomic mass is 32.2. The number of aromatic nitrogens is 1. The van der Waals surface area contributed by atoms with Crippen LogP contribution in [0.5, 0.6) is 5.75 Å². The van der Waals surface area contributed by atoms with Crippen molar-refractivity contribution in [2.45, 2.75) is 45.3 Å². The molecule has 32 heavy (non-hydrogen) atoms. The number of ether oxygens (including phenoxy) is 1. The summed E-state index contributed by atoms with van der Waals surface area (Å²) in [5, 5.41) is 15.5. The number of hydrogen-bond donors (Lipinski definition) is 2. The van der Waals surface area contributed by atoms with E-state index in [4.69, 9.17) is 9.88 Å². The fourth-order valence-corrected chi connectivity index (χ4v) is 5.65. The molecule has 0 amide bonds. The van der Waals surface area contributed by atoms with E-state index in [0.29, 0.717) is 17.7 Å². The molecule has 1 aliphatic carbocycles. The Morgan fingerprint density at radius 3 is 2.84 bits per heavy atom. The van der Waals surface area contributed by atoms with E-state index in [9.17, 15) is 13.7 Å². The Morgan fingerprint density at radius 1 is 1.31 bits per heavy atom. The van der Waals surface area contributed by atoms with Crippen molar-refractivity contribution in [3.05, 3.63) is 59.3 Å². The van der Waals surface area contributed by atoms with Crippen LogP contribution in [0.3, 0.4) is 0 Å². The van der Waals surface area contributed by atoms with E-state index in [1.165, 1.54) is 0 Å². The van der Waals surface area contributed by atoms with Gasteiger partial charge in [0.25, 0.3) is 10.2 Å². The zero-order valence-electron chi connectivity index (χ0n) is 17.8. The molecule has 0 aliphatic heterocycles. The molecule has 1 heterocycles. The summed E-state index contributed by atoms with van der Waals surface area (Å²) >= 11 is 1.54. The minimum atomic E-state index is -3.79. The molecule has 1 aliphatic rings. The van der Waals surface area contributed by atoms with Crippen molar-refractivity contribution in [3.63, 3.8) is 0 Å². The Balaban J connectivity index is 1.68. The van der Waals surface area contributed by atoms with Crippen molar-refractivity contribution < 1.29 is 13.2 Å². The Labute approximate surface area is 192 Å². The van der Waals surface area contributed by atoms with Gasteiger partial charge in [0.15, 0.2) is 0 Å². The van der Waals surface area contributed by atoms with E-state index in [1.54, 1.807) is 17.4 Å². The molecule has 1 atom stereocenters. The van der Waals surface area contributed by atoms with Gasteiger partial charge in [0.05, 0.1) is 16.5 Å². The minimum absolute atomic E-state index is 0.0174. The third-order valence-electron chi connectivity index (χ3n) is 5.29. The molecule has 7 nitrogen and oxygen atoms in total. The molecule has 0 saturated heterocycles. The molecule has 0 fully saturated rings. The van der Waals surface area contributed by atoms with Crippen molar-refractivity contribution in [3.8, 4) is 32.8 Å². The molecule has 9 heteroatoms. The zero-order chi connectivity index (χ0) is 22.9. The maximum atomic E-state index is 11.6. The fraction of sp³-hybridized carbons (Fsp3) is 0.304. The van der Waals surface area contributed by atoms with Gasteiger partial charge in [-0.2, -0.15) is 18.4 Å². The first kappa shape index (κ1) is 22.4. The van der Waals surface area contributed by atoms with Gasteiger partial charge >= 0.3 is 0 Å². The molecule has 0 radical (unpaired) electrons. The molecule has 1 aromatic heterocycles. The van der Waals surface area contributed by atoms with Crippen molar-refractivity contribution in [2.75, 3.05) is 0 Å². The number of thiazole rings is 1. The van der Waals surface area contributed by atoms with Crippen LogP contribution in [0.1, 0.15) is 49.4 Å². The van der Waals surface area contributed by atoms with Gasteiger partial charge in [-0.05, 0) is 68.0 Å². The first-order valence-electron chi connectivity index (χ1n) is 10.3. The van der Waals surface area contributed by atoms with Gasteiger partial charge < -0.3 is 4.74 Å². The summed E-state index contributed by atoms with van der Waals surface area (Å²) in [6, 6.07) is 13.3. The maximum absolute atomic E-state index is 11.6. The largest absolute Gasteiger partial charge is 0.490 e. The van der Waals surface area contributed by atoms with Gasteiger partial charge in [-0.15, -0.1) is 11.3 Å². The van der Waals surface area contributed by atoms with Crippen LogP contribution in [0.4, 0.5) is 0 Å². The van der Waals surface area contributed by atoms with Crippen molar-refractivity contribution >= 4 is 21.5 Å². The average molecular weight is 469 g/mol. The van der Waals surface area contributed by atoms with Gasteiger partial charge in [0.2, 0.25) is 0 Å². The van der Waals surface area contributed by atoms with Crippen LogP contribution in [-0.4, -0.2) is 19.5 Å². The number of benzene rings is 2. The van der Waals surface area contributed by atoms with E-state index in [1.807, 2.05) is 50.4 Å². The number of nitrogens with zero attached hydrogens (tertiary/aromatic N) is 2. The highest BCUT2D eigenvalue weighted by Crippen LogP contribution is 2.40. The van der Waals surface area contributed by atoms with Crippen LogP contribution in [0.15, 0.2) is 42.6 Å². The number of nitrogens with two attached hydrogens (primary N) is 1. The van der Waals surface area contributed by atoms with Gasteiger partial charge in [-0.1, -0.05) is 18.2 Å². The lowest BCUT2D eigenvalue weighted by molar-refractivity contribution is 0.242. The molecule has 0 unspecified atom stereocenters. The molecule has 3 aromatic rings. The molecule has 166 valence electrons. The van der Waals surface area contributed by atoms with Crippen LogP contribution in [0.2, 0.25) is 0 Å². The third kappa shape index (κ3) is 4.84. The summed E-state index contributed by atoms with van der Waals surface area (Å²) in [6.07, 6.45) is 4.25. The van der Waals surface area contributed by atoms with Crippen LogP contribution in [0.25, 0.3) is 21.0 Å². The highest BCUT2D eigenvalue weighted by Gasteiger charge is 2.25. The summed E-state index contributed by atoms with van der Waals surface area (Å²) in [5.74, 6) is 0.563. The number of nitrogens with one attached hydrogen (secondary N) is 1. The average Bonchev–Trinajstić information content (AvgIpc) is 3.22. The predicted octanol–water partition coefficient (Wildman–Crippen LogP) is 4.31. The van der Waals surface area contributed by atoms with Crippen molar-refractivity contribution in [2.24, 2.45) is 5.14 Å². The summed E-state index contributed by atoms with van der Waals surface area (Å²) in [5.41, 5.74) is 4.45. The second-order valence-electron chi connectivity index (χ2n) is 8.00. The highest BCUT2D eigenvalue weighted by molar-refractivity contribution is 7.87. The Bertz CT molecular complexity index is 1290. The quantitative estimate of drug-likeness (QED) is 0.559. The summed E-state index contributed by atoms with van der Waals surface area (Å²) in [7, 11) is -3.79. The SMILES string of the molecule is CC(C)Oc1ccc(-c2ncc(-c3cccc4c3CCC[C@@H]4NS(N)(=O)=O)s2)cc1C#N. The van der Waals surface area contributed by atoms with E-state index in [0.717, 1.165) is 45.0 Å². The van der Waals surface area contributed by atoms with E-state index in [2.05, 4.69) is 15.8 Å². The standard InChI is InChI=1S/C23H24N4O3S2/c1-14(2)30-21-10-9-15(11-16(21)12-24)23-26-13-22(31-23)19-7-3-6-18-17(19)5-4-8-20(18)27-32(25,28)29/h3,6-7,9-11,13-14,20,27H,4-5,8H2,1-2H3,(H2,25,28,29)/t20-/m0/s1. The second-order valence-corrected chi connectivity index (χ2v) is 10.4. The topological polar surface area (TPSA) is 118 Å². The Kier molecular flexibility index (Phi) is 6.31. The summed E-state index contributed by atoms with van der Waals surface area (Å²) in [4.78, 5) is 5.59. The zero-order valence-corrected chi connectivity index (χ0v) is 19.5. The summed E-state index contributed by atoms with van der Waals surface area (Å²) < 4.78 is 31.4. The number of rotatable bonds is 6. The normalized spacial score (nSPS) is 15.9. The number of fused-ring (bicyclic) bond motifs is 1. The summed E-state index contributed by atoms with van der Waals surface area (Å²) in [6.45, 7) is 3.84. The minimum Gasteiger partial charge on any atom is -0.490 e. The fourth-order valence-electron chi connectivity index (χ4n) is 4.04. The molecule has 0 saturated carbocycles. The lowest BCUT2D eigenvalue weighted by Gasteiger charge is -2.27. The number of hydrogen-bond acceptors (Lipinski definition) is 6. The maximum Gasteiger partial charge on any atom is 0.274 e. The van der Waals surface area contributed by atoms with Crippen LogP contribution >= 0.6 is 11.3 Å². The lowest BCUT2D eigenvalue weighted by atomic mass is 9.85.